The maximum atomic E-state index is 12.6. The molecule has 1 fully saturated rings. The van der Waals surface area contributed by atoms with E-state index in [1.54, 1.807) is 7.05 Å². The molecule has 2 N–H and O–H groups in total. The summed E-state index contributed by atoms with van der Waals surface area (Å²) >= 11 is 11.9. The number of guanidine groups is 1. The summed E-state index contributed by atoms with van der Waals surface area (Å²) in [5, 5.41) is 6.57. The first kappa shape index (κ1) is 19.0. The fourth-order valence-corrected chi connectivity index (χ4v) is 2.80. The highest BCUT2D eigenvalue weighted by Crippen LogP contribution is 2.33. The average molecular weight is 382 g/mol. The molecule has 0 spiro atoms. The summed E-state index contributed by atoms with van der Waals surface area (Å²) < 4.78 is 34.8. The van der Waals surface area contributed by atoms with Crippen molar-refractivity contribution in [3.8, 4) is 5.75 Å². The summed E-state index contributed by atoms with van der Waals surface area (Å²) in [7, 11) is 1.62. The van der Waals surface area contributed by atoms with Crippen LogP contribution in [0.1, 0.15) is 12.5 Å². The Morgan fingerprint density at radius 1 is 1.38 bits per heavy atom. The molecule has 1 aromatic rings. The molecule has 1 heterocycles. The van der Waals surface area contributed by atoms with Gasteiger partial charge >= 0.3 is 6.61 Å². The van der Waals surface area contributed by atoms with Gasteiger partial charge in [0.25, 0.3) is 0 Å². The first-order valence-electron chi connectivity index (χ1n) is 7.28. The van der Waals surface area contributed by atoms with Crippen LogP contribution in [0.3, 0.4) is 0 Å². The molecule has 5 nitrogen and oxygen atoms in total. The van der Waals surface area contributed by atoms with Gasteiger partial charge in [-0.1, -0.05) is 30.1 Å². The number of nitrogens with one attached hydrogen (secondary N) is 2. The van der Waals surface area contributed by atoms with Crippen LogP contribution in [0.4, 0.5) is 8.78 Å². The maximum Gasteiger partial charge on any atom is 0.387 e. The van der Waals surface area contributed by atoms with Crippen LogP contribution >= 0.6 is 23.2 Å². The summed E-state index contributed by atoms with van der Waals surface area (Å²) in [6.45, 7) is 1.36. The molecule has 0 aromatic heterocycles. The topological polar surface area (TPSA) is 54.9 Å². The third-order valence-electron chi connectivity index (χ3n) is 3.55. The molecule has 1 aromatic carbocycles. The molecule has 0 unspecified atom stereocenters. The van der Waals surface area contributed by atoms with Crippen molar-refractivity contribution >= 4 is 29.2 Å². The Bertz CT molecular complexity index is 611. The Morgan fingerprint density at radius 3 is 2.62 bits per heavy atom. The van der Waals surface area contributed by atoms with E-state index in [4.69, 9.17) is 27.9 Å². The van der Waals surface area contributed by atoms with Gasteiger partial charge in [0.15, 0.2) is 5.96 Å². The number of benzene rings is 1. The second-order valence-electron chi connectivity index (χ2n) is 5.84. The molecule has 0 atom stereocenters. The van der Waals surface area contributed by atoms with Crippen LogP contribution < -0.4 is 15.4 Å². The SMILES string of the molecule is CN=C(NCc1cc(Cl)cc(Cl)c1OC(F)F)NCC1(C)COC1. The van der Waals surface area contributed by atoms with Crippen LogP contribution in [0.15, 0.2) is 17.1 Å². The van der Waals surface area contributed by atoms with Gasteiger partial charge in [0.1, 0.15) is 5.75 Å². The number of ether oxygens (including phenoxy) is 2. The second-order valence-corrected chi connectivity index (χ2v) is 6.68. The molecular weight excluding hydrogens is 363 g/mol. The fraction of sp³-hybridized carbons (Fsp3) is 0.533. The van der Waals surface area contributed by atoms with Gasteiger partial charge in [0, 0.05) is 36.1 Å². The summed E-state index contributed by atoms with van der Waals surface area (Å²) in [5.74, 6) is 0.431. The summed E-state index contributed by atoms with van der Waals surface area (Å²) in [5.41, 5.74) is 0.481. The molecule has 2 rings (SSSR count). The van der Waals surface area contributed by atoms with Crippen LogP contribution in [0.25, 0.3) is 0 Å². The lowest BCUT2D eigenvalue weighted by Crippen LogP contribution is -2.50. The molecule has 0 saturated carbocycles. The van der Waals surface area contributed by atoms with Gasteiger partial charge in [-0.15, -0.1) is 0 Å². The third kappa shape index (κ3) is 5.09. The van der Waals surface area contributed by atoms with E-state index in [0.717, 1.165) is 0 Å². The second kappa shape index (κ2) is 8.18. The minimum Gasteiger partial charge on any atom is -0.433 e. The number of halogens is 4. The van der Waals surface area contributed by atoms with Crippen molar-refractivity contribution in [2.75, 3.05) is 26.8 Å². The van der Waals surface area contributed by atoms with E-state index in [0.29, 0.717) is 36.3 Å². The predicted octanol–water partition coefficient (Wildman–Crippen LogP) is 3.30. The van der Waals surface area contributed by atoms with Crippen molar-refractivity contribution in [2.45, 2.75) is 20.1 Å². The van der Waals surface area contributed by atoms with Crippen molar-refractivity contribution in [2.24, 2.45) is 10.4 Å². The van der Waals surface area contributed by atoms with Crippen molar-refractivity contribution in [3.63, 3.8) is 0 Å². The van der Waals surface area contributed by atoms with Gasteiger partial charge in [-0.3, -0.25) is 4.99 Å². The Balaban J connectivity index is 2.01. The highest BCUT2D eigenvalue weighted by atomic mass is 35.5. The Hall–Kier alpha value is -1.31. The zero-order valence-corrected chi connectivity index (χ0v) is 14.8. The molecule has 24 heavy (non-hydrogen) atoms. The van der Waals surface area contributed by atoms with Crippen molar-refractivity contribution < 1.29 is 18.3 Å². The standard InChI is InChI=1S/C15H19Cl2F2N3O2/c1-15(7-23-8-15)6-22-14(20-2)21-5-9-3-10(16)4-11(17)12(9)24-13(18)19/h3-4,13H,5-8H2,1-2H3,(H2,20,21,22). The molecular formula is C15H19Cl2F2N3O2. The van der Waals surface area contributed by atoms with Crippen LogP contribution in [0, 0.1) is 5.41 Å². The van der Waals surface area contributed by atoms with Gasteiger partial charge in [-0.2, -0.15) is 8.78 Å². The van der Waals surface area contributed by atoms with Crippen LogP contribution in [0.2, 0.25) is 10.0 Å². The van der Waals surface area contributed by atoms with E-state index in [-0.39, 0.29) is 22.7 Å². The smallest absolute Gasteiger partial charge is 0.387 e. The zero-order valence-electron chi connectivity index (χ0n) is 13.3. The highest BCUT2D eigenvalue weighted by molar-refractivity contribution is 6.35. The van der Waals surface area contributed by atoms with Crippen LogP contribution in [0.5, 0.6) is 5.75 Å². The average Bonchev–Trinajstić information content (AvgIpc) is 2.48. The summed E-state index contributed by atoms with van der Waals surface area (Å²) in [6.07, 6.45) is 0. The Morgan fingerprint density at radius 2 is 2.08 bits per heavy atom. The summed E-state index contributed by atoms with van der Waals surface area (Å²) in [4.78, 5) is 4.10. The molecule has 134 valence electrons. The van der Waals surface area contributed by atoms with Crippen molar-refractivity contribution in [1.82, 2.24) is 10.6 Å². The Kier molecular flexibility index (Phi) is 6.48. The number of aliphatic imine (C=N–C) groups is 1. The van der Waals surface area contributed by atoms with Gasteiger partial charge in [0.2, 0.25) is 0 Å². The molecule has 1 saturated heterocycles. The van der Waals surface area contributed by atoms with E-state index < -0.39 is 6.61 Å². The van der Waals surface area contributed by atoms with E-state index in [2.05, 4.69) is 27.3 Å². The van der Waals surface area contributed by atoms with Crippen molar-refractivity contribution in [3.05, 3.63) is 27.7 Å². The largest absolute Gasteiger partial charge is 0.433 e. The quantitative estimate of drug-likeness (QED) is 0.586. The lowest BCUT2D eigenvalue weighted by atomic mass is 9.89. The first-order valence-corrected chi connectivity index (χ1v) is 8.03. The molecule has 9 heteroatoms. The van der Waals surface area contributed by atoms with Crippen LogP contribution in [-0.4, -0.2) is 39.4 Å². The number of rotatable bonds is 6. The zero-order chi connectivity index (χ0) is 17.7. The summed E-state index contributed by atoms with van der Waals surface area (Å²) in [6, 6.07) is 2.88. The normalized spacial score (nSPS) is 16.7. The molecule has 1 aliphatic rings. The maximum absolute atomic E-state index is 12.6. The van der Waals surface area contributed by atoms with E-state index in [9.17, 15) is 8.78 Å². The lowest BCUT2D eigenvalue weighted by Gasteiger charge is -2.38. The van der Waals surface area contributed by atoms with Gasteiger partial charge in [-0.25, -0.2) is 0 Å². The van der Waals surface area contributed by atoms with Gasteiger partial charge < -0.3 is 20.1 Å². The molecule has 0 bridgehead atoms. The highest BCUT2D eigenvalue weighted by Gasteiger charge is 2.33. The van der Waals surface area contributed by atoms with E-state index in [1.165, 1.54) is 12.1 Å². The van der Waals surface area contributed by atoms with E-state index >= 15 is 0 Å². The molecule has 0 aliphatic carbocycles. The lowest BCUT2D eigenvalue weighted by molar-refractivity contribution is -0.0971. The van der Waals surface area contributed by atoms with Crippen molar-refractivity contribution in [1.29, 1.82) is 0 Å². The number of hydrogen-bond donors (Lipinski definition) is 2. The monoisotopic (exact) mass is 381 g/mol. The minimum absolute atomic E-state index is 0.0293. The molecule has 0 amide bonds. The van der Waals surface area contributed by atoms with Gasteiger partial charge in [0.05, 0.1) is 18.2 Å². The number of alkyl halides is 2. The third-order valence-corrected chi connectivity index (χ3v) is 4.04. The molecule has 1 aliphatic heterocycles. The van der Waals surface area contributed by atoms with Crippen LogP contribution in [-0.2, 0) is 11.3 Å². The van der Waals surface area contributed by atoms with E-state index in [1.807, 2.05) is 0 Å². The number of hydrogen-bond acceptors (Lipinski definition) is 3. The fourth-order valence-electron chi connectivity index (χ4n) is 2.22. The van der Waals surface area contributed by atoms with Gasteiger partial charge in [-0.05, 0) is 12.1 Å². The Labute approximate surface area is 149 Å². The molecule has 0 radical (unpaired) electrons. The minimum atomic E-state index is -2.97. The predicted molar refractivity (Wildman–Crippen MR) is 90.2 cm³/mol. The first-order chi connectivity index (χ1) is 11.3. The number of nitrogens with zero attached hydrogens (tertiary/aromatic N) is 1.